The molecule has 0 amide bonds. The van der Waals surface area contributed by atoms with Gasteiger partial charge in [0.15, 0.2) is 0 Å². The lowest BCUT2D eigenvalue weighted by atomic mass is 9.72. The first kappa shape index (κ1) is 55.4. The number of allylic oxidation sites excluding steroid dienone is 14. The van der Waals surface area contributed by atoms with Gasteiger partial charge in [-0.1, -0.05) is 233 Å². The molecule has 0 spiro atoms. The number of nitrogens with zero attached hydrogens (tertiary/aromatic N) is 4. The molecule has 4 nitrogen and oxygen atoms in total. The molecule has 9 aromatic carbocycles. The lowest BCUT2D eigenvalue weighted by molar-refractivity contribution is 0.337. The third-order valence-electron chi connectivity index (χ3n) is 19.8. The van der Waals surface area contributed by atoms with Crippen molar-refractivity contribution in [2.75, 3.05) is 9.80 Å². The van der Waals surface area contributed by atoms with Gasteiger partial charge in [0.2, 0.25) is 0 Å². The highest BCUT2D eigenvalue weighted by Crippen LogP contribution is 2.59. The maximum Gasteiger partial charge on any atom is 0.0632 e. The van der Waals surface area contributed by atoms with Crippen LogP contribution in [0.1, 0.15) is 67.5 Å². The topological polar surface area (TPSA) is 16.3 Å². The minimum atomic E-state index is -0.143. The molecule has 16 rings (SSSR count). The third-order valence-corrected chi connectivity index (χ3v) is 19.8. The Kier molecular flexibility index (Phi) is 13.9. The molecule has 438 valence electrons. The van der Waals surface area contributed by atoms with Gasteiger partial charge in [-0.25, -0.2) is 0 Å². The Hall–Kier alpha value is -10.9. The zero-order valence-electron chi connectivity index (χ0n) is 51.6. The molecule has 0 bridgehead atoms. The Morgan fingerprint density at radius 2 is 1.14 bits per heavy atom. The summed E-state index contributed by atoms with van der Waals surface area (Å²) in [6.45, 7) is 13.4. The molecule has 2 atom stereocenters. The van der Waals surface area contributed by atoms with Gasteiger partial charge in [-0.15, -0.1) is 0 Å². The van der Waals surface area contributed by atoms with Crippen LogP contribution < -0.4 is 9.80 Å². The predicted molar refractivity (Wildman–Crippen MR) is 389 cm³/mol. The fourth-order valence-corrected chi connectivity index (χ4v) is 15.4. The summed E-state index contributed by atoms with van der Waals surface area (Å²) >= 11 is 0. The molecule has 5 aliphatic rings. The van der Waals surface area contributed by atoms with Crippen molar-refractivity contribution < 1.29 is 0 Å². The van der Waals surface area contributed by atoms with Gasteiger partial charge in [0.05, 0.1) is 28.3 Å². The van der Waals surface area contributed by atoms with Gasteiger partial charge in [0.1, 0.15) is 0 Å². The van der Waals surface area contributed by atoms with Gasteiger partial charge in [-0.3, -0.25) is 0 Å². The number of fused-ring (bicyclic) bond motifs is 9. The molecule has 0 saturated carbocycles. The van der Waals surface area contributed by atoms with Gasteiger partial charge < -0.3 is 18.9 Å². The van der Waals surface area contributed by atoms with Crippen LogP contribution in [-0.2, 0) is 0 Å². The molecule has 0 radical (unpaired) electrons. The Bertz CT molecular complexity index is 4970. The zero-order chi connectivity index (χ0) is 61.2. The maximum atomic E-state index is 4.59. The average Bonchev–Trinajstić information content (AvgIpc) is 1.61. The van der Waals surface area contributed by atoms with E-state index in [2.05, 4.69) is 331 Å². The van der Waals surface area contributed by atoms with Crippen LogP contribution in [0.3, 0.4) is 0 Å². The number of hydrogen-bond donors (Lipinski definition) is 0. The second-order valence-electron chi connectivity index (χ2n) is 25.2. The molecule has 11 aromatic rings. The van der Waals surface area contributed by atoms with Gasteiger partial charge >= 0.3 is 0 Å². The molecule has 4 aliphatic carbocycles. The second kappa shape index (κ2) is 22.9. The molecule has 0 fully saturated rings. The molecule has 1 aliphatic heterocycles. The standard InChI is InChI=1S/C87H70N4/c1-5-7-8-10-21-59-32-42-65(43-33-59)88(66-46-37-62(38-47-66)61-22-11-9-12-23-61)69-50-53-71-72-54-51-70(58-80(72)87(3,4)79(71)57-69)91-81(6-2)77(52-36-60-34-44-67(45-35-60)89-82-28-17-13-24-73(82)74-25-14-18-29-83(74)89)78-56-64(41-55-86(78)91)63-39-48-68(49-40-63)90-84-30-19-15-26-75(84)76-27-16-20-31-85(76)90/h5-30,32-49,51-52,54-57,80,85H,1-2,31,50,53,58H2,3-4H3. The molecule has 0 N–H and O–H groups in total. The maximum absolute atomic E-state index is 4.59. The van der Waals surface area contributed by atoms with E-state index in [4.69, 9.17) is 0 Å². The van der Waals surface area contributed by atoms with Crippen molar-refractivity contribution in [3.05, 3.63) is 343 Å². The summed E-state index contributed by atoms with van der Waals surface area (Å²) in [7, 11) is 0. The molecule has 2 unspecified atom stereocenters. The highest BCUT2D eigenvalue weighted by molar-refractivity contribution is 6.09. The SMILES string of the molecule is C=CC=CC=Cc1ccc(N(C2=CC3=C(CC2)C2=CC=C(n4c(C=C)c(C=Cc5ccc(-n6c7ccccc7c7ccccc76)cc5)c5cc(-c6ccc(N7c8ccccc8C8=CC=CCC87)cc6)ccc54)CC2C3(C)C)c2ccc(-c3ccccc3)cc2)cc1. The molecular weight excluding hydrogens is 1100 g/mol. The molecular formula is C87H70N4. The van der Waals surface area contributed by atoms with E-state index in [0.29, 0.717) is 6.04 Å². The molecule has 91 heavy (non-hydrogen) atoms. The summed E-state index contributed by atoms with van der Waals surface area (Å²) < 4.78 is 4.91. The largest absolute Gasteiger partial charge is 0.333 e. The van der Waals surface area contributed by atoms with Crippen LogP contribution in [0.15, 0.2) is 315 Å². The highest BCUT2D eigenvalue weighted by Gasteiger charge is 2.46. The number of anilines is 4. The van der Waals surface area contributed by atoms with E-state index in [9.17, 15) is 0 Å². The Morgan fingerprint density at radius 3 is 1.89 bits per heavy atom. The minimum Gasteiger partial charge on any atom is -0.333 e. The van der Waals surface area contributed by atoms with E-state index in [1.807, 2.05) is 12.2 Å². The average molecular weight is 1170 g/mol. The van der Waals surface area contributed by atoms with E-state index < -0.39 is 0 Å². The Balaban J connectivity index is 0.763. The quantitative estimate of drug-likeness (QED) is 0.101. The lowest BCUT2D eigenvalue weighted by Crippen LogP contribution is -2.26. The smallest absolute Gasteiger partial charge is 0.0632 e. The highest BCUT2D eigenvalue weighted by atomic mass is 15.2. The van der Waals surface area contributed by atoms with Crippen LogP contribution >= 0.6 is 0 Å². The fraction of sp³-hybridized carbons (Fsp3) is 0.103. The van der Waals surface area contributed by atoms with Gasteiger partial charge in [-0.2, -0.15) is 0 Å². The molecule has 2 aromatic heterocycles. The normalized spacial score (nSPS) is 17.4. The number of aromatic nitrogens is 2. The van der Waals surface area contributed by atoms with Crippen LogP contribution in [0.4, 0.5) is 22.7 Å². The van der Waals surface area contributed by atoms with Crippen molar-refractivity contribution in [1.82, 2.24) is 9.13 Å². The molecule has 3 heterocycles. The van der Waals surface area contributed by atoms with Gasteiger partial charge in [0.25, 0.3) is 0 Å². The van der Waals surface area contributed by atoms with Crippen molar-refractivity contribution >= 4 is 91.0 Å². The van der Waals surface area contributed by atoms with E-state index in [1.54, 1.807) is 6.08 Å². The predicted octanol–water partition coefficient (Wildman–Crippen LogP) is 23.1. The fourth-order valence-electron chi connectivity index (χ4n) is 15.4. The van der Waals surface area contributed by atoms with Gasteiger partial charge in [0, 0.05) is 67.1 Å². The first-order chi connectivity index (χ1) is 44.8. The number of hydrogen-bond acceptors (Lipinski definition) is 2. The minimum absolute atomic E-state index is 0.143. The lowest BCUT2D eigenvalue weighted by Gasteiger charge is -2.35. The van der Waals surface area contributed by atoms with Crippen LogP contribution in [0.5, 0.6) is 0 Å². The summed E-state index contributed by atoms with van der Waals surface area (Å²) in [5.74, 6) is 0.284. The monoisotopic (exact) mass is 1170 g/mol. The summed E-state index contributed by atoms with van der Waals surface area (Å²) in [4.78, 5) is 5.02. The van der Waals surface area contributed by atoms with Crippen LogP contribution in [0, 0.1) is 11.3 Å². The van der Waals surface area contributed by atoms with Crippen molar-refractivity contribution in [3.8, 4) is 27.9 Å². The van der Waals surface area contributed by atoms with Crippen LogP contribution in [0.25, 0.3) is 96.2 Å². The summed E-state index contributed by atoms with van der Waals surface area (Å²) in [6, 6.07) is 80.7. The van der Waals surface area contributed by atoms with Crippen molar-refractivity contribution in [2.45, 2.75) is 45.6 Å². The number of para-hydroxylation sites is 3. The van der Waals surface area contributed by atoms with Crippen molar-refractivity contribution in [1.29, 1.82) is 0 Å². The van der Waals surface area contributed by atoms with E-state index in [1.165, 1.54) is 106 Å². The first-order valence-corrected chi connectivity index (χ1v) is 32.1. The Morgan fingerprint density at radius 1 is 0.516 bits per heavy atom. The van der Waals surface area contributed by atoms with E-state index in [0.717, 1.165) is 65.1 Å². The second-order valence-corrected chi connectivity index (χ2v) is 25.2. The van der Waals surface area contributed by atoms with Gasteiger partial charge in [-0.05, 0) is 190 Å². The summed E-state index contributed by atoms with van der Waals surface area (Å²) in [5, 5.41) is 3.72. The van der Waals surface area contributed by atoms with Crippen molar-refractivity contribution in [3.63, 3.8) is 0 Å². The van der Waals surface area contributed by atoms with Crippen molar-refractivity contribution in [2.24, 2.45) is 11.3 Å². The summed E-state index contributed by atoms with van der Waals surface area (Å²) in [6.07, 6.45) is 34.7. The Labute approximate surface area is 534 Å². The third kappa shape index (κ3) is 9.61. The van der Waals surface area contributed by atoms with Crippen LogP contribution in [-0.4, -0.2) is 15.2 Å². The zero-order valence-corrected chi connectivity index (χ0v) is 51.6. The molecule has 4 heteroatoms. The number of benzene rings is 9. The van der Waals surface area contributed by atoms with E-state index >= 15 is 0 Å². The first-order valence-electron chi connectivity index (χ1n) is 32.1. The van der Waals surface area contributed by atoms with E-state index in [-0.39, 0.29) is 11.3 Å². The molecule has 0 saturated heterocycles. The summed E-state index contributed by atoms with van der Waals surface area (Å²) in [5.41, 5.74) is 28.5. The van der Waals surface area contributed by atoms with Crippen LogP contribution in [0.2, 0.25) is 0 Å². The number of rotatable bonds is 14.